The van der Waals surface area contributed by atoms with E-state index in [1.807, 2.05) is 0 Å². The van der Waals surface area contributed by atoms with Crippen molar-refractivity contribution in [3.05, 3.63) is 0 Å². The summed E-state index contributed by atoms with van der Waals surface area (Å²) >= 11 is 0. The van der Waals surface area contributed by atoms with Gasteiger partial charge in [0.15, 0.2) is 0 Å². The first-order valence-electron chi connectivity index (χ1n) is 12.1. The molecule has 0 aliphatic heterocycles. The van der Waals surface area contributed by atoms with Gasteiger partial charge in [-0.05, 0) is 38.5 Å². The minimum atomic E-state index is 0.946. The van der Waals surface area contributed by atoms with Crippen molar-refractivity contribution in [3.8, 4) is 0 Å². The van der Waals surface area contributed by atoms with Crippen LogP contribution in [0.5, 0.6) is 0 Å². The van der Waals surface area contributed by atoms with Crippen LogP contribution in [0.25, 0.3) is 0 Å². The lowest BCUT2D eigenvalue weighted by Crippen LogP contribution is -1.98. The van der Waals surface area contributed by atoms with Gasteiger partial charge in [-0.25, -0.2) is 0 Å². The highest BCUT2D eigenvalue weighted by molar-refractivity contribution is 4.48. The third-order valence-electron chi connectivity index (χ3n) is 4.94. The maximum absolute atomic E-state index is 5.76. The summed E-state index contributed by atoms with van der Waals surface area (Å²) < 4.78 is 16.9. The van der Waals surface area contributed by atoms with E-state index in [9.17, 15) is 0 Å². The zero-order valence-electron chi connectivity index (χ0n) is 18.8. The van der Waals surface area contributed by atoms with E-state index in [2.05, 4.69) is 13.8 Å². The van der Waals surface area contributed by atoms with Crippen LogP contribution in [0, 0.1) is 0 Å². The van der Waals surface area contributed by atoms with Gasteiger partial charge in [-0.1, -0.05) is 78.1 Å². The molecule has 0 aromatic rings. The van der Waals surface area contributed by atoms with Gasteiger partial charge in [-0.15, -0.1) is 0 Å². The molecule has 0 atom stereocenters. The standard InChI is InChI=1S/C24H50O3/c1-3-5-19-25-21-15-11-7-9-13-17-23-27-24-18-14-10-8-12-16-22-26-20-6-4-2/h3-24H2,1-2H3. The average Bonchev–Trinajstić information content (AvgIpc) is 2.68. The Kier molecular flexibility index (Phi) is 25.8. The minimum Gasteiger partial charge on any atom is -0.381 e. The molecule has 3 nitrogen and oxygen atoms in total. The zero-order valence-corrected chi connectivity index (χ0v) is 18.8. The number of rotatable bonds is 24. The second-order valence-electron chi connectivity index (χ2n) is 7.79. The monoisotopic (exact) mass is 386 g/mol. The van der Waals surface area contributed by atoms with E-state index in [0.29, 0.717) is 0 Å². The highest BCUT2D eigenvalue weighted by Gasteiger charge is 1.95. The van der Waals surface area contributed by atoms with E-state index in [-0.39, 0.29) is 0 Å². The summed E-state index contributed by atoms with van der Waals surface area (Å²) in [5.41, 5.74) is 0. The molecule has 0 aliphatic rings. The molecule has 0 aromatic heterocycles. The fourth-order valence-corrected chi connectivity index (χ4v) is 3.03. The molecule has 0 fully saturated rings. The van der Waals surface area contributed by atoms with Crippen LogP contribution >= 0.6 is 0 Å². The molecule has 0 bridgehead atoms. The molecule has 0 amide bonds. The Morgan fingerprint density at radius 3 is 0.778 bits per heavy atom. The van der Waals surface area contributed by atoms with Crippen molar-refractivity contribution in [2.75, 3.05) is 39.6 Å². The second kappa shape index (κ2) is 25.9. The topological polar surface area (TPSA) is 27.7 Å². The van der Waals surface area contributed by atoms with E-state index < -0.39 is 0 Å². The van der Waals surface area contributed by atoms with Gasteiger partial charge in [0, 0.05) is 39.6 Å². The van der Waals surface area contributed by atoms with Gasteiger partial charge in [0.1, 0.15) is 0 Å². The molecule has 0 heterocycles. The van der Waals surface area contributed by atoms with E-state index in [1.54, 1.807) is 0 Å². The highest BCUT2D eigenvalue weighted by Crippen LogP contribution is 2.08. The van der Waals surface area contributed by atoms with Crippen molar-refractivity contribution in [1.29, 1.82) is 0 Å². The molecule has 0 saturated heterocycles. The maximum Gasteiger partial charge on any atom is 0.0466 e. The summed E-state index contributed by atoms with van der Waals surface area (Å²) in [5.74, 6) is 0. The van der Waals surface area contributed by atoms with Crippen molar-refractivity contribution in [2.24, 2.45) is 0 Å². The zero-order chi connectivity index (χ0) is 19.7. The molecular formula is C24H50O3. The van der Waals surface area contributed by atoms with Crippen LogP contribution in [0.4, 0.5) is 0 Å². The molecule has 0 spiro atoms. The molecule has 164 valence electrons. The summed E-state index contributed by atoms with van der Waals surface area (Å²) in [5, 5.41) is 0. The van der Waals surface area contributed by atoms with Crippen LogP contribution in [0.2, 0.25) is 0 Å². The third kappa shape index (κ3) is 25.9. The van der Waals surface area contributed by atoms with Crippen molar-refractivity contribution >= 4 is 0 Å². The van der Waals surface area contributed by atoms with E-state index in [1.165, 1.54) is 103 Å². The van der Waals surface area contributed by atoms with E-state index in [0.717, 1.165) is 39.6 Å². The van der Waals surface area contributed by atoms with Crippen LogP contribution < -0.4 is 0 Å². The number of hydrogen-bond acceptors (Lipinski definition) is 3. The average molecular weight is 387 g/mol. The van der Waals surface area contributed by atoms with Crippen LogP contribution in [-0.2, 0) is 14.2 Å². The smallest absolute Gasteiger partial charge is 0.0466 e. The molecule has 0 unspecified atom stereocenters. The van der Waals surface area contributed by atoms with Crippen molar-refractivity contribution in [3.63, 3.8) is 0 Å². The van der Waals surface area contributed by atoms with Crippen LogP contribution in [-0.4, -0.2) is 39.6 Å². The van der Waals surface area contributed by atoms with Crippen LogP contribution in [0.15, 0.2) is 0 Å². The molecular weight excluding hydrogens is 336 g/mol. The Hall–Kier alpha value is -0.120. The molecule has 0 radical (unpaired) electrons. The van der Waals surface area contributed by atoms with Gasteiger partial charge >= 0.3 is 0 Å². The summed E-state index contributed by atoms with van der Waals surface area (Å²) in [6.07, 6.45) is 20.4. The number of unbranched alkanes of at least 4 members (excludes halogenated alkanes) is 12. The molecule has 27 heavy (non-hydrogen) atoms. The predicted octanol–water partition coefficient (Wildman–Crippen LogP) is 7.32. The van der Waals surface area contributed by atoms with Crippen molar-refractivity contribution in [2.45, 2.75) is 117 Å². The molecule has 0 aliphatic carbocycles. The van der Waals surface area contributed by atoms with Crippen LogP contribution in [0.1, 0.15) is 117 Å². The van der Waals surface area contributed by atoms with Crippen LogP contribution in [0.3, 0.4) is 0 Å². The van der Waals surface area contributed by atoms with Gasteiger partial charge in [0.05, 0.1) is 0 Å². The first-order valence-corrected chi connectivity index (χ1v) is 12.1. The lowest BCUT2D eigenvalue weighted by molar-refractivity contribution is 0.122. The summed E-state index contributed by atoms with van der Waals surface area (Å²) in [4.78, 5) is 0. The summed E-state index contributed by atoms with van der Waals surface area (Å²) in [6.45, 7) is 10.1. The molecule has 3 heteroatoms. The Balaban J connectivity index is 2.95. The van der Waals surface area contributed by atoms with Gasteiger partial charge in [0.25, 0.3) is 0 Å². The van der Waals surface area contributed by atoms with Crippen molar-refractivity contribution < 1.29 is 14.2 Å². The van der Waals surface area contributed by atoms with E-state index in [4.69, 9.17) is 14.2 Å². The maximum atomic E-state index is 5.76. The highest BCUT2D eigenvalue weighted by atomic mass is 16.5. The molecule has 0 N–H and O–H groups in total. The van der Waals surface area contributed by atoms with E-state index >= 15 is 0 Å². The van der Waals surface area contributed by atoms with Gasteiger partial charge in [-0.3, -0.25) is 0 Å². The minimum absolute atomic E-state index is 0.946. The Bertz CT molecular complexity index is 222. The fourth-order valence-electron chi connectivity index (χ4n) is 3.03. The SMILES string of the molecule is CCCCOCCCCCCCCOCCCCCCCCOCCCC. The summed E-state index contributed by atoms with van der Waals surface area (Å²) in [7, 11) is 0. The largest absolute Gasteiger partial charge is 0.381 e. The molecule has 0 rings (SSSR count). The van der Waals surface area contributed by atoms with Crippen molar-refractivity contribution in [1.82, 2.24) is 0 Å². The Labute approximate surface area is 170 Å². The first kappa shape index (κ1) is 26.9. The predicted molar refractivity (Wildman–Crippen MR) is 118 cm³/mol. The number of hydrogen-bond donors (Lipinski definition) is 0. The fraction of sp³-hybridized carbons (Fsp3) is 1.00. The summed E-state index contributed by atoms with van der Waals surface area (Å²) in [6, 6.07) is 0. The van der Waals surface area contributed by atoms with Gasteiger partial charge in [0.2, 0.25) is 0 Å². The third-order valence-corrected chi connectivity index (χ3v) is 4.94. The first-order chi connectivity index (χ1) is 13.4. The lowest BCUT2D eigenvalue weighted by atomic mass is 10.1. The lowest BCUT2D eigenvalue weighted by Gasteiger charge is -2.06. The van der Waals surface area contributed by atoms with Gasteiger partial charge in [-0.2, -0.15) is 0 Å². The number of ether oxygens (including phenoxy) is 3. The Morgan fingerprint density at radius 2 is 0.519 bits per heavy atom. The normalized spacial score (nSPS) is 11.3. The van der Waals surface area contributed by atoms with Gasteiger partial charge < -0.3 is 14.2 Å². The molecule has 0 saturated carbocycles. The second-order valence-corrected chi connectivity index (χ2v) is 7.79. The quantitative estimate of drug-likeness (QED) is 0.163. The molecule has 0 aromatic carbocycles. The Morgan fingerprint density at radius 1 is 0.296 bits per heavy atom.